The summed E-state index contributed by atoms with van der Waals surface area (Å²) in [6.07, 6.45) is 1.72. The van der Waals surface area contributed by atoms with E-state index in [1.807, 2.05) is 62.4 Å². The van der Waals surface area contributed by atoms with E-state index in [1.165, 1.54) is 4.90 Å². The number of aryl methyl sites for hydroxylation is 1. The van der Waals surface area contributed by atoms with Gasteiger partial charge in [0.15, 0.2) is 0 Å². The van der Waals surface area contributed by atoms with Gasteiger partial charge in [-0.15, -0.1) is 0 Å². The number of amides is 1. The van der Waals surface area contributed by atoms with Crippen molar-refractivity contribution in [1.82, 2.24) is 0 Å². The fourth-order valence-corrected chi connectivity index (χ4v) is 4.05. The number of aliphatic hydroxyl groups excluding tert-OH is 1. The molecule has 0 radical (unpaired) electrons. The SMILES string of the molecule is CCCOc1cccc(N2C(=O)C(=O)/C(=C(/O)c3ccc(CC)cc3)C2c2ccccc2)c1. The largest absolute Gasteiger partial charge is 0.507 e. The summed E-state index contributed by atoms with van der Waals surface area (Å²) in [4.78, 5) is 27.9. The van der Waals surface area contributed by atoms with E-state index in [1.54, 1.807) is 30.3 Å². The molecule has 1 aliphatic heterocycles. The molecule has 0 bridgehead atoms. The molecule has 1 fully saturated rings. The van der Waals surface area contributed by atoms with E-state index in [0.29, 0.717) is 23.6 Å². The Hall–Kier alpha value is -3.86. The molecule has 3 aromatic rings. The van der Waals surface area contributed by atoms with E-state index < -0.39 is 17.7 Å². The number of ketones is 1. The van der Waals surface area contributed by atoms with Gasteiger partial charge in [-0.3, -0.25) is 14.5 Å². The molecule has 1 aliphatic rings. The lowest BCUT2D eigenvalue weighted by atomic mass is 9.95. The Morgan fingerprint density at radius 2 is 1.67 bits per heavy atom. The Kier molecular flexibility index (Phi) is 6.59. The van der Waals surface area contributed by atoms with Crippen LogP contribution in [0, 0.1) is 0 Å². The second kappa shape index (κ2) is 9.74. The molecule has 5 heteroatoms. The van der Waals surface area contributed by atoms with Gasteiger partial charge in [-0.05, 0) is 36.1 Å². The second-order valence-corrected chi connectivity index (χ2v) is 7.98. The third-order valence-electron chi connectivity index (χ3n) is 5.76. The number of anilines is 1. The fraction of sp³-hybridized carbons (Fsp3) is 0.214. The highest BCUT2D eigenvalue weighted by Gasteiger charge is 2.47. The number of aliphatic hydroxyl groups is 1. The summed E-state index contributed by atoms with van der Waals surface area (Å²) in [6.45, 7) is 4.62. The summed E-state index contributed by atoms with van der Waals surface area (Å²) in [5.74, 6) is -0.937. The summed E-state index contributed by atoms with van der Waals surface area (Å²) in [6, 6.07) is 23.1. The van der Waals surface area contributed by atoms with E-state index >= 15 is 0 Å². The summed E-state index contributed by atoms with van der Waals surface area (Å²) in [7, 11) is 0. The fourth-order valence-electron chi connectivity index (χ4n) is 4.05. The van der Waals surface area contributed by atoms with Gasteiger partial charge in [0, 0.05) is 17.3 Å². The molecule has 1 saturated heterocycles. The summed E-state index contributed by atoms with van der Waals surface area (Å²) in [5, 5.41) is 11.2. The predicted octanol–water partition coefficient (Wildman–Crippen LogP) is 5.66. The topological polar surface area (TPSA) is 66.8 Å². The maximum absolute atomic E-state index is 13.3. The molecule has 1 N–H and O–H groups in total. The number of hydrogen-bond donors (Lipinski definition) is 1. The van der Waals surface area contributed by atoms with Crippen LogP contribution in [0.15, 0.2) is 84.4 Å². The zero-order valence-corrected chi connectivity index (χ0v) is 18.8. The standard InChI is InChI=1S/C28H27NO4/c1-3-17-33-23-12-8-11-22(18-23)29-25(20-9-6-5-7-10-20)24(27(31)28(29)32)26(30)21-15-13-19(4-2)14-16-21/h5-16,18,25,30H,3-4,17H2,1-2H3/b26-24+. The number of nitrogens with zero attached hydrogens (tertiary/aromatic N) is 1. The van der Waals surface area contributed by atoms with Gasteiger partial charge in [-0.25, -0.2) is 0 Å². The molecule has 0 aliphatic carbocycles. The number of Topliss-reactive ketones (excluding diaryl/α,β-unsaturated/α-hetero) is 1. The Labute approximate surface area is 193 Å². The molecule has 168 valence electrons. The van der Waals surface area contributed by atoms with Gasteiger partial charge >= 0.3 is 0 Å². The third kappa shape index (κ3) is 4.40. The molecule has 1 atom stereocenters. The van der Waals surface area contributed by atoms with Gasteiger partial charge in [0.05, 0.1) is 18.2 Å². The summed E-state index contributed by atoms with van der Waals surface area (Å²) < 4.78 is 5.74. The quantitative estimate of drug-likeness (QED) is 0.292. The Bertz CT molecular complexity index is 1180. The van der Waals surface area contributed by atoms with Crippen LogP contribution >= 0.6 is 0 Å². The lowest BCUT2D eigenvalue weighted by Gasteiger charge is -2.25. The Morgan fingerprint density at radius 1 is 0.939 bits per heavy atom. The molecule has 0 spiro atoms. The number of benzene rings is 3. The van der Waals surface area contributed by atoms with Crippen LogP contribution in [0.3, 0.4) is 0 Å². The van der Waals surface area contributed by atoms with Crippen LogP contribution in [0.5, 0.6) is 5.75 Å². The number of carbonyl (C=O) groups is 2. The second-order valence-electron chi connectivity index (χ2n) is 7.98. The van der Waals surface area contributed by atoms with Gasteiger partial charge in [0.25, 0.3) is 11.7 Å². The monoisotopic (exact) mass is 441 g/mol. The highest BCUT2D eigenvalue weighted by atomic mass is 16.5. The Morgan fingerprint density at radius 3 is 2.33 bits per heavy atom. The van der Waals surface area contributed by atoms with Gasteiger partial charge in [0.2, 0.25) is 0 Å². The van der Waals surface area contributed by atoms with Crippen molar-refractivity contribution in [2.45, 2.75) is 32.7 Å². The first-order valence-electron chi connectivity index (χ1n) is 11.2. The van der Waals surface area contributed by atoms with Gasteiger partial charge < -0.3 is 9.84 Å². The zero-order chi connectivity index (χ0) is 23.4. The van der Waals surface area contributed by atoms with Gasteiger partial charge in [-0.1, -0.05) is 74.5 Å². The smallest absolute Gasteiger partial charge is 0.300 e. The van der Waals surface area contributed by atoms with Crippen LogP contribution < -0.4 is 9.64 Å². The van der Waals surface area contributed by atoms with Crippen molar-refractivity contribution in [1.29, 1.82) is 0 Å². The lowest BCUT2D eigenvalue weighted by Crippen LogP contribution is -2.29. The first-order valence-corrected chi connectivity index (χ1v) is 11.2. The van der Waals surface area contributed by atoms with Crippen LogP contribution in [-0.2, 0) is 16.0 Å². The van der Waals surface area contributed by atoms with E-state index in [4.69, 9.17) is 4.74 Å². The number of hydrogen-bond acceptors (Lipinski definition) is 4. The van der Waals surface area contributed by atoms with Gasteiger partial charge in [0.1, 0.15) is 11.5 Å². The summed E-state index contributed by atoms with van der Waals surface area (Å²) in [5.41, 5.74) is 2.99. The van der Waals surface area contributed by atoms with Crippen LogP contribution in [0.4, 0.5) is 5.69 Å². The molecule has 1 unspecified atom stereocenters. The third-order valence-corrected chi connectivity index (χ3v) is 5.76. The number of ether oxygens (including phenoxy) is 1. The van der Waals surface area contributed by atoms with E-state index in [-0.39, 0.29) is 11.3 Å². The maximum atomic E-state index is 13.3. The van der Waals surface area contributed by atoms with Crippen molar-refractivity contribution in [2.24, 2.45) is 0 Å². The highest BCUT2D eigenvalue weighted by Crippen LogP contribution is 2.42. The number of rotatable bonds is 7. The predicted molar refractivity (Wildman–Crippen MR) is 129 cm³/mol. The average molecular weight is 442 g/mol. The Balaban J connectivity index is 1.86. The van der Waals surface area contributed by atoms with E-state index in [9.17, 15) is 14.7 Å². The molecule has 33 heavy (non-hydrogen) atoms. The molecule has 5 nitrogen and oxygen atoms in total. The van der Waals surface area contributed by atoms with Crippen molar-refractivity contribution in [2.75, 3.05) is 11.5 Å². The molecular weight excluding hydrogens is 414 g/mol. The minimum Gasteiger partial charge on any atom is -0.507 e. The lowest BCUT2D eigenvalue weighted by molar-refractivity contribution is -0.132. The molecular formula is C28H27NO4. The van der Waals surface area contributed by atoms with Gasteiger partial charge in [-0.2, -0.15) is 0 Å². The van der Waals surface area contributed by atoms with Crippen LogP contribution in [0.1, 0.15) is 43.0 Å². The van der Waals surface area contributed by atoms with Crippen molar-refractivity contribution in [3.8, 4) is 5.75 Å². The molecule has 0 aromatic heterocycles. The first-order chi connectivity index (χ1) is 16.0. The molecule has 4 rings (SSSR count). The minimum absolute atomic E-state index is 0.0790. The van der Waals surface area contributed by atoms with Crippen molar-refractivity contribution in [3.05, 3.63) is 101 Å². The van der Waals surface area contributed by atoms with Crippen molar-refractivity contribution < 1.29 is 19.4 Å². The molecule has 1 heterocycles. The van der Waals surface area contributed by atoms with Crippen LogP contribution in [-0.4, -0.2) is 23.4 Å². The minimum atomic E-state index is -0.751. The van der Waals surface area contributed by atoms with Crippen LogP contribution in [0.25, 0.3) is 5.76 Å². The maximum Gasteiger partial charge on any atom is 0.300 e. The highest BCUT2D eigenvalue weighted by molar-refractivity contribution is 6.51. The van der Waals surface area contributed by atoms with Crippen molar-refractivity contribution in [3.63, 3.8) is 0 Å². The zero-order valence-electron chi connectivity index (χ0n) is 18.8. The number of carbonyl (C=O) groups excluding carboxylic acids is 2. The molecule has 1 amide bonds. The molecule has 0 saturated carbocycles. The van der Waals surface area contributed by atoms with E-state index in [0.717, 1.165) is 24.0 Å². The normalized spacial score (nSPS) is 17.4. The van der Waals surface area contributed by atoms with Crippen molar-refractivity contribution >= 4 is 23.1 Å². The molecule has 3 aromatic carbocycles. The van der Waals surface area contributed by atoms with Crippen LogP contribution in [0.2, 0.25) is 0 Å². The average Bonchev–Trinajstić information content (AvgIpc) is 3.13. The first kappa shape index (κ1) is 22.3. The summed E-state index contributed by atoms with van der Waals surface area (Å²) >= 11 is 0. The van der Waals surface area contributed by atoms with E-state index in [2.05, 4.69) is 0 Å².